The molecule has 7 heteroatoms. The highest BCUT2D eigenvalue weighted by Gasteiger charge is 2.45. The van der Waals surface area contributed by atoms with E-state index >= 15 is 0 Å². The summed E-state index contributed by atoms with van der Waals surface area (Å²) in [5.74, 6) is 0.151. The second-order valence-corrected chi connectivity index (χ2v) is 7.05. The maximum absolute atomic E-state index is 13.9. The van der Waals surface area contributed by atoms with Crippen LogP contribution < -0.4 is 10.4 Å². The van der Waals surface area contributed by atoms with Crippen molar-refractivity contribution in [1.82, 2.24) is 14.9 Å². The van der Waals surface area contributed by atoms with Gasteiger partial charge in [0.1, 0.15) is 11.8 Å². The van der Waals surface area contributed by atoms with Gasteiger partial charge in [0.2, 0.25) is 0 Å². The molecule has 26 heavy (non-hydrogen) atoms. The van der Waals surface area contributed by atoms with E-state index in [1.807, 2.05) is 0 Å². The summed E-state index contributed by atoms with van der Waals surface area (Å²) in [7, 11) is 0. The number of benzene rings is 1. The van der Waals surface area contributed by atoms with Crippen LogP contribution >= 0.6 is 0 Å². The lowest BCUT2D eigenvalue weighted by Gasteiger charge is -2.22. The van der Waals surface area contributed by atoms with Crippen LogP contribution in [-0.4, -0.2) is 40.0 Å². The third-order valence-electron chi connectivity index (χ3n) is 5.29. The van der Waals surface area contributed by atoms with E-state index < -0.39 is 5.69 Å². The van der Waals surface area contributed by atoms with Gasteiger partial charge < -0.3 is 14.6 Å². The Kier molecular flexibility index (Phi) is 4.22. The molecule has 1 amide bonds. The van der Waals surface area contributed by atoms with Crippen molar-refractivity contribution in [3.63, 3.8) is 0 Å². The highest BCUT2D eigenvalue weighted by Crippen LogP contribution is 2.40. The highest BCUT2D eigenvalue weighted by atomic mass is 19.1. The van der Waals surface area contributed by atoms with Gasteiger partial charge in [-0.25, -0.2) is 9.18 Å². The number of aryl methyl sites for hydroxylation is 1. The van der Waals surface area contributed by atoms with E-state index in [-0.39, 0.29) is 35.2 Å². The number of likely N-dealkylation sites (tertiary alicyclic amines) is 1. The Hall–Kier alpha value is -2.70. The lowest BCUT2D eigenvalue weighted by molar-refractivity contribution is 0.0754. The number of hydrogen-bond acceptors (Lipinski definition) is 4. The number of hydrogen-bond donors (Lipinski definition) is 1. The van der Waals surface area contributed by atoms with Crippen molar-refractivity contribution in [3.8, 4) is 5.75 Å². The first kappa shape index (κ1) is 16.8. The zero-order valence-corrected chi connectivity index (χ0v) is 14.4. The maximum Gasteiger partial charge on any atom is 0.345 e. The van der Waals surface area contributed by atoms with Crippen molar-refractivity contribution in [2.75, 3.05) is 13.1 Å². The van der Waals surface area contributed by atoms with Gasteiger partial charge in [-0.3, -0.25) is 4.79 Å². The fraction of sp³-hybridized carbons (Fsp3) is 0.421. The molecule has 2 aliphatic rings. The molecule has 0 unspecified atom stereocenters. The van der Waals surface area contributed by atoms with E-state index in [1.165, 1.54) is 6.07 Å². The minimum atomic E-state index is -0.520. The molecule has 2 aromatic rings. The molecule has 1 N–H and O–H groups in total. The molecular weight excluding hydrogens is 337 g/mol. The zero-order valence-electron chi connectivity index (χ0n) is 14.4. The SMILES string of the molecule is Cc1cc(C(=O)N2C[C@@H]3CC[C@H](Oc4ccccc4F)[C@@H]3C2)nc(=O)[nH]1. The number of nitrogens with zero attached hydrogens (tertiary/aromatic N) is 2. The van der Waals surface area contributed by atoms with Crippen LogP contribution in [-0.2, 0) is 0 Å². The number of amides is 1. The fourth-order valence-corrected chi connectivity index (χ4v) is 4.08. The van der Waals surface area contributed by atoms with Crippen molar-refractivity contribution in [1.29, 1.82) is 0 Å². The van der Waals surface area contributed by atoms with Gasteiger partial charge in [-0.15, -0.1) is 0 Å². The zero-order chi connectivity index (χ0) is 18.3. The van der Waals surface area contributed by atoms with E-state index in [2.05, 4.69) is 9.97 Å². The quantitative estimate of drug-likeness (QED) is 0.913. The number of aromatic nitrogens is 2. The first-order valence-electron chi connectivity index (χ1n) is 8.79. The largest absolute Gasteiger partial charge is 0.487 e. The Bertz CT molecular complexity index is 898. The van der Waals surface area contributed by atoms with Crippen LogP contribution in [0.3, 0.4) is 0 Å². The maximum atomic E-state index is 13.9. The molecule has 6 nitrogen and oxygen atoms in total. The highest BCUT2D eigenvalue weighted by molar-refractivity contribution is 5.92. The van der Waals surface area contributed by atoms with Crippen molar-refractivity contribution < 1.29 is 13.9 Å². The van der Waals surface area contributed by atoms with Crippen molar-refractivity contribution >= 4 is 5.91 Å². The summed E-state index contributed by atoms with van der Waals surface area (Å²) in [6, 6.07) is 7.98. The summed E-state index contributed by atoms with van der Waals surface area (Å²) in [4.78, 5) is 32.3. The Morgan fingerprint density at radius 1 is 1.31 bits per heavy atom. The standard InChI is InChI=1S/C19H20FN3O3/c1-11-8-15(22-19(25)21-11)18(24)23-9-12-6-7-16(13(12)10-23)26-17-5-3-2-4-14(17)20/h2-5,8,12-13,16H,6-7,9-10H2,1H3,(H,21,22,25)/t12-,13+,16-/m0/s1. The van der Waals surface area contributed by atoms with Gasteiger partial charge in [-0.05, 0) is 43.9 Å². The number of rotatable bonds is 3. The molecule has 2 fully saturated rings. The van der Waals surface area contributed by atoms with Crippen LogP contribution in [0.5, 0.6) is 5.75 Å². The number of halogens is 1. The van der Waals surface area contributed by atoms with Gasteiger partial charge >= 0.3 is 5.69 Å². The molecule has 1 aliphatic carbocycles. The topological polar surface area (TPSA) is 75.3 Å². The number of aromatic amines is 1. The monoisotopic (exact) mass is 357 g/mol. The van der Waals surface area contributed by atoms with E-state index in [0.717, 1.165) is 12.8 Å². The first-order valence-corrected chi connectivity index (χ1v) is 8.79. The fourth-order valence-electron chi connectivity index (χ4n) is 4.08. The molecule has 0 radical (unpaired) electrons. The van der Waals surface area contributed by atoms with Gasteiger partial charge in [0.25, 0.3) is 5.91 Å². The lowest BCUT2D eigenvalue weighted by Crippen LogP contribution is -2.34. The number of ether oxygens (including phenoxy) is 1. The molecule has 1 aliphatic heterocycles. The lowest BCUT2D eigenvalue weighted by atomic mass is 9.99. The molecule has 4 rings (SSSR count). The Balaban J connectivity index is 1.48. The third kappa shape index (κ3) is 3.09. The summed E-state index contributed by atoms with van der Waals surface area (Å²) in [5, 5.41) is 0. The van der Waals surface area contributed by atoms with Gasteiger partial charge in [-0.2, -0.15) is 4.98 Å². The molecule has 1 saturated heterocycles. The average Bonchev–Trinajstić information content (AvgIpc) is 3.17. The van der Waals surface area contributed by atoms with Gasteiger partial charge in [-0.1, -0.05) is 12.1 Å². The Morgan fingerprint density at radius 3 is 2.88 bits per heavy atom. The molecule has 136 valence electrons. The van der Waals surface area contributed by atoms with E-state index in [1.54, 1.807) is 36.1 Å². The minimum absolute atomic E-state index is 0.108. The number of carbonyl (C=O) groups excluding carboxylic acids is 1. The molecule has 1 aromatic carbocycles. The van der Waals surface area contributed by atoms with Crippen LogP contribution in [0.25, 0.3) is 0 Å². The summed E-state index contributed by atoms with van der Waals surface area (Å²) in [6.45, 7) is 2.88. The van der Waals surface area contributed by atoms with Crippen molar-refractivity contribution in [2.24, 2.45) is 11.8 Å². The average molecular weight is 357 g/mol. The van der Waals surface area contributed by atoms with Gasteiger partial charge in [0, 0.05) is 24.7 Å². The van der Waals surface area contributed by atoms with E-state index in [0.29, 0.717) is 24.7 Å². The van der Waals surface area contributed by atoms with E-state index in [9.17, 15) is 14.0 Å². The molecule has 1 saturated carbocycles. The minimum Gasteiger partial charge on any atom is -0.487 e. The van der Waals surface area contributed by atoms with Crippen molar-refractivity contribution in [3.05, 3.63) is 58.0 Å². The number of para-hydroxylation sites is 1. The molecular formula is C19H20FN3O3. The molecule has 2 heterocycles. The second-order valence-electron chi connectivity index (χ2n) is 7.05. The van der Waals surface area contributed by atoms with Crippen LogP contribution in [0.1, 0.15) is 29.0 Å². The van der Waals surface area contributed by atoms with Crippen molar-refractivity contribution in [2.45, 2.75) is 25.9 Å². The molecule has 3 atom stereocenters. The van der Waals surface area contributed by atoms with Crippen LogP contribution in [0.2, 0.25) is 0 Å². The summed E-state index contributed by atoms with van der Waals surface area (Å²) < 4.78 is 19.8. The number of fused-ring (bicyclic) bond motifs is 1. The number of nitrogens with one attached hydrogen (secondary N) is 1. The smallest absolute Gasteiger partial charge is 0.345 e. The van der Waals surface area contributed by atoms with Crippen LogP contribution in [0.15, 0.2) is 35.1 Å². The molecule has 1 aromatic heterocycles. The Morgan fingerprint density at radius 2 is 2.12 bits per heavy atom. The number of H-pyrrole nitrogens is 1. The van der Waals surface area contributed by atoms with Crippen LogP contribution in [0, 0.1) is 24.6 Å². The van der Waals surface area contributed by atoms with E-state index in [4.69, 9.17) is 4.74 Å². The summed E-state index contributed by atoms with van der Waals surface area (Å²) in [6.07, 6.45) is 1.69. The number of carbonyl (C=O) groups is 1. The summed E-state index contributed by atoms with van der Waals surface area (Å²) >= 11 is 0. The summed E-state index contributed by atoms with van der Waals surface area (Å²) in [5.41, 5.74) is 0.250. The molecule has 0 bridgehead atoms. The normalized spacial score (nSPS) is 24.5. The van der Waals surface area contributed by atoms with Gasteiger partial charge in [0.15, 0.2) is 11.6 Å². The molecule has 0 spiro atoms. The third-order valence-corrected chi connectivity index (χ3v) is 5.29. The first-order chi connectivity index (χ1) is 12.5. The van der Waals surface area contributed by atoms with Crippen LogP contribution in [0.4, 0.5) is 4.39 Å². The second kappa shape index (κ2) is 6.55. The van der Waals surface area contributed by atoms with Gasteiger partial charge in [0.05, 0.1) is 0 Å². The predicted molar refractivity (Wildman–Crippen MR) is 92.5 cm³/mol. The predicted octanol–water partition coefficient (Wildman–Crippen LogP) is 2.15. The Labute approximate surface area is 150 Å².